The molecule has 2 fully saturated rings. The van der Waals surface area contributed by atoms with Crippen LogP contribution in [0.1, 0.15) is 38.1 Å². The Balaban J connectivity index is 1.50. The molecule has 0 bridgehead atoms. The molecule has 5 rings (SSSR count). The third-order valence-corrected chi connectivity index (χ3v) is 8.86. The highest BCUT2D eigenvalue weighted by Crippen LogP contribution is 2.41. The molecule has 2 aromatic heterocycles. The monoisotopic (exact) mass is 516 g/mol. The summed E-state index contributed by atoms with van der Waals surface area (Å²) in [5.41, 5.74) is 7.11. The van der Waals surface area contributed by atoms with E-state index in [9.17, 15) is 8.42 Å². The van der Waals surface area contributed by atoms with Gasteiger partial charge in [0.05, 0.1) is 21.9 Å². The minimum atomic E-state index is -3.49. The first kappa shape index (κ1) is 24.0. The van der Waals surface area contributed by atoms with Crippen molar-refractivity contribution in [3.8, 4) is 11.5 Å². The van der Waals surface area contributed by atoms with Crippen LogP contribution in [0.25, 0.3) is 11.5 Å². The van der Waals surface area contributed by atoms with Crippen LogP contribution in [0.4, 0.5) is 11.6 Å². The fourth-order valence-corrected chi connectivity index (χ4v) is 6.23. The molecule has 0 amide bonds. The molecule has 3 N–H and O–H groups in total. The summed E-state index contributed by atoms with van der Waals surface area (Å²) in [6, 6.07) is 11.6. The summed E-state index contributed by atoms with van der Waals surface area (Å²) in [7, 11) is -3.49. The predicted molar refractivity (Wildman–Crippen MR) is 136 cm³/mol. The third-order valence-electron chi connectivity index (χ3n) is 6.66. The van der Waals surface area contributed by atoms with Crippen molar-refractivity contribution in [1.29, 1.82) is 0 Å². The standard InChI is InChI=1S/C24H29ClN6O3S/c1-15-11-17(15)14-27-19-12-18(20(25)21(28-19)31-9-6-10-35(31,32)33)22-29-30-23(34-22)24(2,26)13-16-7-4-3-5-8-16/h3-5,7-8,12,15,17H,6,9-11,13-14,26H2,1-2H3,(H,27,28)/t15?,17?,24-/m1/s1. The molecule has 1 aromatic carbocycles. The van der Waals surface area contributed by atoms with E-state index in [1.165, 1.54) is 4.31 Å². The van der Waals surface area contributed by atoms with Gasteiger partial charge in [-0.1, -0.05) is 48.9 Å². The molecular formula is C24H29ClN6O3S. The van der Waals surface area contributed by atoms with E-state index in [-0.39, 0.29) is 28.4 Å². The van der Waals surface area contributed by atoms with E-state index in [4.69, 9.17) is 21.8 Å². The van der Waals surface area contributed by atoms with Gasteiger partial charge in [-0.15, -0.1) is 10.2 Å². The van der Waals surface area contributed by atoms with Gasteiger partial charge in [0.15, 0.2) is 5.82 Å². The lowest BCUT2D eigenvalue weighted by Crippen LogP contribution is -2.35. The fourth-order valence-electron chi connectivity index (χ4n) is 4.38. The second kappa shape index (κ2) is 9.07. The van der Waals surface area contributed by atoms with Gasteiger partial charge in [-0.25, -0.2) is 13.4 Å². The number of anilines is 2. The Morgan fingerprint density at radius 2 is 2.03 bits per heavy atom. The highest BCUT2D eigenvalue weighted by Gasteiger charge is 2.35. The van der Waals surface area contributed by atoms with Crippen LogP contribution < -0.4 is 15.4 Å². The zero-order valence-electron chi connectivity index (χ0n) is 19.7. The molecule has 2 aliphatic rings. The van der Waals surface area contributed by atoms with Crippen LogP contribution in [0, 0.1) is 11.8 Å². The number of hydrogen-bond donors (Lipinski definition) is 2. The van der Waals surface area contributed by atoms with E-state index in [0.717, 1.165) is 18.5 Å². The van der Waals surface area contributed by atoms with Gasteiger partial charge in [-0.05, 0) is 49.7 Å². The quantitative estimate of drug-likeness (QED) is 0.462. The number of nitrogens with two attached hydrogens (primary N) is 1. The summed E-state index contributed by atoms with van der Waals surface area (Å²) in [6.45, 7) is 5.10. The first-order chi connectivity index (χ1) is 16.6. The Morgan fingerprint density at radius 3 is 2.69 bits per heavy atom. The van der Waals surface area contributed by atoms with Gasteiger partial charge < -0.3 is 15.5 Å². The smallest absolute Gasteiger partial charge is 0.249 e. The molecular weight excluding hydrogens is 488 g/mol. The van der Waals surface area contributed by atoms with Gasteiger partial charge in [-0.3, -0.25) is 4.31 Å². The zero-order valence-corrected chi connectivity index (χ0v) is 21.3. The summed E-state index contributed by atoms with van der Waals surface area (Å²) in [5.74, 6) is 2.41. The van der Waals surface area contributed by atoms with E-state index in [0.29, 0.717) is 42.6 Å². The molecule has 0 radical (unpaired) electrons. The van der Waals surface area contributed by atoms with Crippen molar-refractivity contribution >= 4 is 33.3 Å². The molecule has 1 aliphatic heterocycles. The van der Waals surface area contributed by atoms with E-state index in [1.54, 1.807) is 6.07 Å². The van der Waals surface area contributed by atoms with Crippen molar-refractivity contribution in [2.75, 3.05) is 28.5 Å². The molecule has 35 heavy (non-hydrogen) atoms. The van der Waals surface area contributed by atoms with Gasteiger partial charge in [0.1, 0.15) is 5.82 Å². The third kappa shape index (κ3) is 5.00. The largest absolute Gasteiger partial charge is 0.419 e. The Kier molecular flexibility index (Phi) is 6.23. The molecule has 186 valence electrons. The number of nitrogens with zero attached hydrogens (tertiary/aromatic N) is 4. The number of halogens is 1. The van der Waals surface area contributed by atoms with Crippen molar-refractivity contribution in [1.82, 2.24) is 15.2 Å². The molecule has 1 saturated heterocycles. The Bertz CT molecular complexity index is 1330. The molecule has 0 spiro atoms. The Hall–Kier alpha value is -2.69. The molecule has 2 unspecified atom stereocenters. The maximum absolute atomic E-state index is 12.6. The highest BCUT2D eigenvalue weighted by atomic mass is 35.5. The Labute approximate surface area is 210 Å². The van der Waals surface area contributed by atoms with Crippen LogP contribution in [0.15, 0.2) is 40.8 Å². The molecule has 11 heteroatoms. The van der Waals surface area contributed by atoms with Crippen LogP contribution in [-0.4, -0.2) is 42.4 Å². The summed E-state index contributed by atoms with van der Waals surface area (Å²) in [5, 5.41) is 11.9. The number of pyridine rings is 1. The van der Waals surface area contributed by atoms with Crippen molar-refractivity contribution in [2.24, 2.45) is 17.6 Å². The first-order valence-corrected chi connectivity index (χ1v) is 13.7. The SMILES string of the molecule is CC1CC1CNc1cc(-c2nnc([C@](C)(N)Cc3ccccc3)o2)c(Cl)c(N2CCCS2(=O)=O)n1. The Morgan fingerprint density at radius 1 is 1.29 bits per heavy atom. The van der Waals surface area contributed by atoms with E-state index >= 15 is 0 Å². The second-order valence-electron chi connectivity index (χ2n) is 9.78. The van der Waals surface area contributed by atoms with Crippen molar-refractivity contribution in [3.05, 3.63) is 52.9 Å². The van der Waals surface area contributed by atoms with Crippen molar-refractivity contribution < 1.29 is 12.8 Å². The lowest BCUT2D eigenvalue weighted by atomic mass is 9.94. The second-order valence-corrected chi connectivity index (χ2v) is 12.2. The van der Waals surface area contributed by atoms with Crippen LogP contribution in [0.5, 0.6) is 0 Å². The van der Waals surface area contributed by atoms with E-state index in [1.807, 2.05) is 37.3 Å². The van der Waals surface area contributed by atoms with Gasteiger partial charge >= 0.3 is 0 Å². The number of aromatic nitrogens is 3. The number of sulfonamides is 1. The summed E-state index contributed by atoms with van der Waals surface area (Å²) in [6.07, 6.45) is 2.18. The minimum Gasteiger partial charge on any atom is -0.419 e. The number of hydrogen-bond acceptors (Lipinski definition) is 8. The lowest BCUT2D eigenvalue weighted by Gasteiger charge is -2.20. The first-order valence-electron chi connectivity index (χ1n) is 11.8. The molecule has 9 nitrogen and oxygen atoms in total. The molecule has 1 saturated carbocycles. The predicted octanol–water partition coefficient (Wildman–Crippen LogP) is 3.81. The number of benzene rings is 1. The fraction of sp³-hybridized carbons (Fsp3) is 0.458. The minimum absolute atomic E-state index is 0.0628. The number of rotatable bonds is 8. The normalized spacial score (nSPS) is 22.7. The highest BCUT2D eigenvalue weighted by molar-refractivity contribution is 7.93. The van der Waals surface area contributed by atoms with Gasteiger partial charge in [0.2, 0.25) is 21.8 Å². The van der Waals surface area contributed by atoms with E-state index in [2.05, 4.69) is 27.4 Å². The van der Waals surface area contributed by atoms with Crippen molar-refractivity contribution in [3.63, 3.8) is 0 Å². The van der Waals surface area contributed by atoms with Crippen LogP contribution in [0.3, 0.4) is 0 Å². The number of nitrogens with one attached hydrogen (secondary N) is 1. The van der Waals surface area contributed by atoms with Crippen LogP contribution in [0.2, 0.25) is 5.02 Å². The molecule has 3 heterocycles. The summed E-state index contributed by atoms with van der Waals surface area (Å²) in [4.78, 5) is 4.56. The topological polar surface area (TPSA) is 127 Å². The van der Waals surface area contributed by atoms with Gasteiger partial charge in [-0.2, -0.15) is 0 Å². The van der Waals surface area contributed by atoms with E-state index < -0.39 is 15.6 Å². The summed E-state index contributed by atoms with van der Waals surface area (Å²) < 4.78 is 32.6. The molecule has 3 atom stereocenters. The maximum atomic E-state index is 12.6. The average molecular weight is 517 g/mol. The molecule has 1 aliphatic carbocycles. The molecule has 3 aromatic rings. The maximum Gasteiger partial charge on any atom is 0.249 e. The van der Waals surface area contributed by atoms with Gasteiger partial charge in [0, 0.05) is 13.1 Å². The average Bonchev–Trinajstić information content (AvgIpc) is 3.17. The zero-order chi connectivity index (χ0) is 24.8. The van der Waals surface area contributed by atoms with Crippen LogP contribution in [-0.2, 0) is 22.0 Å². The van der Waals surface area contributed by atoms with Gasteiger partial charge in [0.25, 0.3) is 0 Å². The van der Waals surface area contributed by atoms with Crippen molar-refractivity contribution in [2.45, 2.75) is 38.6 Å². The van der Waals surface area contributed by atoms with Crippen LogP contribution >= 0.6 is 11.6 Å². The lowest BCUT2D eigenvalue weighted by molar-refractivity contribution is 0.355. The summed E-state index contributed by atoms with van der Waals surface area (Å²) >= 11 is 6.72.